The summed E-state index contributed by atoms with van der Waals surface area (Å²) in [5.74, 6) is 0.614. The number of thiazole rings is 1. The number of hydrogen-bond acceptors (Lipinski definition) is 4. The average molecular weight is 318 g/mol. The number of nitrogens with zero attached hydrogens (tertiary/aromatic N) is 2. The van der Waals surface area contributed by atoms with Crippen molar-refractivity contribution in [1.29, 1.82) is 0 Å². The van der Waals surface area contributed by atoms with Gasteiger partial charge in [-0.05, 0) is 31.0 Å². The standard InChI is InChI=1S/C17H22N2O2S/c1-2-3-7-19(10-13-6-8-21-11-13)17(20)14-4-5-15-16(9-14)22-12-18-15/h4-5,9,12-13H,2-3,6-8,10-11H2,1H3. The Balaban J connectivity index is 1.76. The van der Waals surface area contributed by atoms with Crippen molar-refractivity contribution in [2.24, 2.45) is 5.92 Å². The third-order valence-corrected chi connectivity index (χ3v) is 4.94. The second-order valence-electron chi connectivity index (χ2n) is 5.87. The molecular formula is C17H22N2O2S. The summed E-state index contributed by atoms with van der Waals surface area (Å²) < 4.78 is 6.53. The maximum absolute atomic E-state index is 12.9. The first-order valence-corrected chi connectivity index (χ1v) is 8.86. The van der Waals surface area contributed by atoms with Crippen LogP contribution in [-0.4, -0.2) is 42.1 Å². The average Bonchev–Trinajstić information content (AvgIpc) is 3.21. The minimum Gasteiger partial charge on any atom is -0.381 e. The number of ether oxygens (including phenoxy) is 1. The van der Waals surface area contributed by atoms with Crippen molar-refractivity contribution in [3.63, 3.8) is 0 Å². The third kappa shape index (κ3) is 3.47. The van der Waals surface area contributed by atoms with Crippen LogP contribution in [0.15, 0.2) is 23.7 Å². The molecule has 0 N–H and O–H groups in total. The minimum atomic E-state index is 0.135. The van der Waals surface area contributed by atoms with Crippen LogP contribution in [0, 0.1) is 5.92 Å². The zero-order valence-corrected chi connectivity index (χ0v) is 13.8. The van der Waals surface area contributed by atoms with Crippen molar-refractivity contribution in [2.45, 2.75) is 26.2 Å². The van der Waals surface area contributed by atoms with Crippen LogP contribution in [0.4, 0.5) is 0 Å². The van der Waals surface area contributed by atoms with Gasteiger partial charge in [-0.3, -0.25) is 4.79 Å². The van der Waals surface area contributed by atoms with Gasteiger partial charge in [0, 0.05) is 31.2 Å². The molecule has 2 heterocycles. The van der Waals surface area contributed by atoms with E-state index in [9.17, 15) is 4.79 Å². The molecule has 1 fully saturated rings. The SMILES string of the molecule is CCCCN(CC1CCOC1)C(=O)c1ccc2ncsc2c1. The highest BCUT2D eigenvalue weighted by molar-refractivity contribution is 7.16. The molecule has 0 saturated carbocycles. The summed E-state index contributed by atoms with van der Waals surface area (Å²) in [6.45, 7) is 5.40. The first kappa shape index (κ1) is 15.4. The largest absolute Gasteiger partial charge is 0.381 e. The molecule has 118 valence electrons. The normalized spacial score (nSPS) is 18.0. The molecule has 0 radical (unpaired) electrons. The fourth-order valence-electron chi connectivity index (χ4n) is 2.83. The highest BCUT2D eigenvalue weighted by atomic mass is 32.1. The van der Waals surface area contributed by atoms with Crippen molar-refractivity contribution >= 4 is 27.5 Å². The van der Waals surface area contributed by atoms with Crippen molar-refractivity contribution < 1.29 is 9.53 Å². The van der Waals surface area contributed by atoms with E-state index in [1.807, 2.05) is 28.6 Å². The third-order valence-electron chi connectivity index (χ3n) is 4.15. The summed E-state index contributed by atoms with van der Waals surface area (Å²) in [5, 5.41) is 0. The Hall–Kier alpha value is -1.46. The Morgan fingerprint density at radius 1 is 1.50 bits per heavy atom. The lowest BCUT2D eigenvalue weighted by atomic mass is 10.1. The molecule has 0 spiro atoms. The summed E-state index contributed by atoms with van der Waals surface area (Å²) in [5.41, 5.74) is 3.56. The smallest absolute Gasteiger partial charge is 0.253 e. The second-order valence-corrected chi connectivity index (χ2v) is 6.76. The molecule has 1 aromatic carbocycles. The summed E-state index contributed by atoms with van der Waals surface area (Å²) in [6.07, 6.45) is 3.20. The number of unbranched alkanes of at least 4 members (excludes halogenated alkanes) is 1. The van der Waals surface area contributed by atoms with Gasteiger partial charge in [0.15, 0.2) is 0 Å². The lowest BCUT2D eigenvalue weighted by molar-refractivity contribution is 0.0718. The zero-order valence-electron chi connectivity index (χ0n) is 13.0. The van der Waals surface area contributed by atoms with Crippen LogP contribution in [0.2, 0.25) is 0 Å². The van der Waals surface area contributed by atoms with E-state index in [1.54, 1.807) is 11.3 Å². The maximum atomic E-state index is 12.9. The summed E-state index contributed by atoms with van der Waals surface area (Å²) in [6, 6.07) is 5.81. The fraction of sp³-hybridized carbons (Fsp3) is 0.529. The maximum Gasteiger partial charge on any atom is 0.253 e. The van der Waals surface area contributed by atoms with Gasteiger partial charge >= 0.3 is 0 Å². The van der Waals surface area contributed by atoms with Gasteiger partial charge < -0.3 is 9.64 Å². The summed E-state index contributed by atoms with van der Waals surface area (Å²) >= 11 is 1.58. The molecule has 0 aliphatic carbocycles. The van der Waals surface area contributed by atoms with Gasteiger partial charge in [0.25, 0.3) is 5.91 Å². The molecule has 1 aliphatic heterocycles. The summed E-state index contributed by atoms with van der Waals surface area (Å²) in [7, 11) is 0. The van der Waals surface area contributed by atoms with Crippen LogP contribution in [0.3, 0.4) is 0 Å². The quantitative estimate of drug-likeness (QED) is 0.817. The number of rotatable bonds is 6. The van der Waals surface area contributed by atoms with E-state index in [4.69, 9.17) is 4.74 Å². The van der Waals surface area contributed by atoms with Gasteiger partial charge in [-0.1, -0.05) is 13.3 Å². The van der Waals surface area contributed by atoms with Crippen LogP contribution >= 0.6 is 11.3 Å². The van der Waals surface area contributed by atoms with Gasteiger partial charge in [0.1, 0.15) is 0 Å². The van der Waals surface area contributed by atoms with Crippen LogP contribution in [-0.2, 0) is 4.74 Å². The lowest BCUT2D eigenvalue weighted by Crippen LogP contribution is -2.36. The molecule has 22 heavy (non-hydrogen) atoms. The van der Waals surface area contributed by atoms with Crippen molar-refractivity contribution in [3.8, 4) is 0 Å². The second kappa shape index (κ2) is 7.20. The number of carbonyl (C=O) groups excluding carboxylic acids is 1. The van der Waals surface area contributed by atoms with E-state index in [1.165, 1.54) is 0 Å². The van der Waals surface area contributed by atoms with E-state index in [0.717, 1.165) is 61.3 Å². The topological polar surface area (TPSA) is 42.4 Å². The van der Waals surface area contributed by atoms with Crippen LogP contribution in [0.1, 0.15) is 36.5 Å². The first-order chi connectivity index (χ1) is 10.8. The van der Waals surface area contributed by atoms with Gasteiger partial charge in [-0.15, -0.1) is 11.3 Å². The van der Waals surface area contributed by atoms with E-state index in [2.05, 4.69) is 11.9 Å². The fourth-order valence-corrected chi connectivity index (χ4v) is 3.55. The summed E-state index contributed by atoms with van der Waals surface area (Å²) in [4.78, 5) is 19.2. The number of hydrogen-bond donors (Lipinski definition) is 0. The highest BCUT2D eigenvalue weighted by Crippen LogP contribution is 2.21. The molecule has 5 heteroatoms. The Kier molecular flexibility index (Phi) is 5.05. The molecule has 1 atom stereocenters. The van der Waals surface area contributed by atoms with E-state index in [-0.39, 0.29) is 5.91 Å². The predicted molar refractivity (Wildman–Crippen MR) is 89.4 cm³/mol. The van der Waals surface area contributed by atoms with E-state index < -0.39 is 0 Å². The molecule has 2 aromatic rings. The minimum absolute atomic E-state index is 0.135. The van der Waals surface area contributed by atoms with Crippen LogP contribution in [0.25, 0.3) is 10.2 Å². The van der Waals surface area contributed by atoms with Gasteiger partial charge in [0.2, 0.25) is 0 Å². The predicted octanol–water partition coefficient (Wildman–Crippen LogP) is 3.58. The van der Waals surface area contributed by atoms with E-state index >= 15 is 0 Å². The van der Waals surface area contributed by atoms with Gasteiger partial charge in [0.05, 0.1) is 22.3 Å². The lowest BCUT2D eigenvalue weighted by Gasteiger charge is -2.25. The number of aromatic nitrogens is 1. The number of fused-ring (bicyclic) bond motifs is 1. The monoisotopic (exact) mass is 318 g/mol. The van der Waals surface area contributed by atoms with Crippen molar-refractivity contribution in [2.75, 3.05) is 26.3 Å². The van der Waals surface area contributed by atoms with Crippen molar-refractivity contribution in [3.05, 3.63) is 29.3 Å². The first-order valence-electron chi connectivity index (χ1n) is 7.98. The molecule has 1 aliphatic rings. The van der Waals surface area contributed by atoms with Gasteiger partial charge in [-0.25, -0.2) is 4.98 Å². The highest BCUT2D eigenvalue weighted by Gasteiger charge is 2.23. The molecule has 1 unspecified atom stereocenters. The van der Waals surface area contributed by atoms with E-state index in [0.29, 0.717) is 5.92 Å². The molecule has 1 aromatic heterocycles. The number of benzene rings is 1. The van der Waals surface area contributed by atoms with Crippen molar-refractivity contribution in [1.82, 2.24) is 9.88 Å². The molecule has 0 bridgehead atoms. The Bertz CT molecular complexity index is 634. The Morgan fingerprint density at radius 2 is 2.41 bits per heavy atom. The number of carbonyl (C=O) groups is 1. The Labute approximate surface area is 135 Å². The van der Waals surface area contributed by atoms with Gasteiger partial charge in [-0.2, -0.15) is 0 Å². The molecule has 3 rings (SSSR count). The molecular weight excluding hydrogens is 296 g/mol. The molecule has 4 nitrogen and oxygen atoms in total. The van der Waals surface area contributed by atoms with Crippen LogP contribution in [0.5, 0.6) is 0 Å². The number of amides is 1. The molecule has 1 amide bonds. The Morgan fingerprint density at radius 3 is 3.18 bits per heavy atom. The van der Waals surface area contributed by atoms with Crippen LogP contribution < -0.4 is 0 Å². The zero-order chi connectivity index (χ0) is 15.4. The molecule has 1 saturated heterocycles.